The topological polar surface area (TPSA) is 51.2 Å². The highest BCUT2D eigenvalue weighted by molar-refractivity contribution is 6.30. The summed E-state index contributed by atoms with van der Waals surface area (Å²) < 4.78 is 43.3. The predicted octanol–water partition coefficient (Wildman–Crippen LogP) is 4.87. The Morgan fingerprint density at radius 3 is 2.48 bits per heavy atom. The predicted molar refractivity (Wildman–Crippen MR) is 94.8 cm³/mol. The van der Waals surface area contributed by atoms with E-state index < -0.39 is 11.7 Å². The molecule has 3 rings (SSSR count). The van der Waals surface area contributed by atoms with E-state index in [4.69, 9.17) is 16.3 Å². The third-order valence-corrected chi connectivity index (χ3v) is 4.68. The molecule has 1 heterocycles. The first-order valence-electron chi connectivity index (χ1n) is 8.57. The van der Waals surface area contributed by atoms with Crippen LogP contribution in [0.5, 0.6) is 5.88 Å². The van der Waals surface area contributed by atoms with E-state index in [-0.39, 0.29) is 23.9 Å². The molecule has 1 saturated carbocycles. The van der Waals surface area contributed by atoms with Crippen molar-refractivity contribution in [2.45, 2.75) is 44.0 Å². The molecule has 0 unspecified atom stereocenters. The number of aromatic nitrogens is 1. The molecule has 0 radical (unpaired) electrons. The van der Waals surface area contributed by atoms with Crippen LogP contribution in [0, 0.1) is 0 Å². The van der Waals surface area contributed by atoms with Gasteiger partial charge in [-0.15, -0.1) is 0 Å². The van der Waals surface area contributed by atoms with Crippen LogP contribution in [0.1, 0.15) is 41.6 Å². The van der Waals surface area contributed by atoms with E-state index in [1.807, 2.05) is 0 Å². The number of benzene rings is 1. The number of ether oxygens (including phenoxy) is 1. The van der Waals surface area contributed by atoms with Crippen LogP contribution in [0.3, 0.4) is 0 Å². The van der Waals surface area contributed by atoms with Gasteiger partial charge in [0.15, 0.2) is 0 Å². The molecule has 1 N–H and O–H groups in total. The van der Waals surface area contributed by atoms with E-state index in [1.54, 1.807) is 24.3 Å². The van der Waals surface area contributed by atoms with Crippen molar-refractivity contribution < 1.29 is 22.7 Å². The van der Waals surface area contributed by atoms with Gasteiger partial charge in [0.2, 0.25) is 5.88 Å². The van der Waals surface area contributed by atoms with E-state index in [1.165, 1.54) is 6.07 Å². The summed E-state index contributed by atoms with van der Waals surface area (Å²) >= 11 is 5.90. The Morgan fingerprint density at radius 2 is 1.89 bits per heavy atom. The van der Waals surface area contributed by atoms with Crippen LogP contribution in [0.25, 0.3) is 0 Å². The fraction of sp³-hybridized carbons (Fsp3) is 0.368. The lowest BCUT2D eigenvalue weighted by molar-refractivity contribution is -0.137. The molecule has 1 amide bonds. The third-order valence-electron chi connectivity index (χ3n) is 4.45. The van der Waals surface area contributed by atoms with E-state index in [2.05, 4.69) is 10.3 Å². The second-order valence-corrected chi connectivity index (χ2v) is 6.89. The zero-order chi connectivity index (χ0) is 19.4. The first-order valence-corrected chi connectivity index (χ1v) is 8.95. The van der Waals surface area contributed by atoms with Gasteiger partial charge in [-0.25, -0.2) is 4.98 Å². The normalized spacial score (nSPS) is 20.1. The lowest BCUT2D eigenvalue weighted by Crippen LogP contribution is -2.39. The molecule has 0 aliphatic heterocycles. The standard InChI is InChI=1S/C19H18ClF3N2O2/c20-14-3-1-2-12(10-14)18(26)25-15-5-7-16(8-6-15)27-17-9-4-13(11-24-17)19(21,22)23/h1-4,9-11,15-16H,5-8H2,(H,25,26). The lowest BCUT2D eigenvalue weighted by atomic mass is 9.92. The van der Waals surface area contributed by atoms with E-state index in [0.717, 1.165) is 25.1 Å². The van der Waals surface area contributed by atoms with Crippen LogP contribution in [-0.2, 0) is 6.18 Å². The molecule has 0 saturated heterocycles. The second-order valence-electron chi connectivity index (χ2n) is 6.46. The molecule has 1 aliphatic carbocycles. The van der Waals surface area contributed by atoms with Gasteiger partial charge in [-0.2, -0.15) is 13.2 Å². The summed E-state index contributed by atoms with van der Waals surface area (Å²) in [4.78, 5) is 16.0. The SMILES string of the molecule is O=C(NC1CCC(Oc2ccc(C(F)(F)F)cn2)CC1)c1cccc(Cl)c1. The monoisotopic (exact) mass is 398 g/mol. The van der Waals surface area contributed by atoms with Crippen molar-refractivity contribution in [3.63, 3.8) is 0 Å². The maximum atomic E-state index is 12.5. The Balaban J connectivity index is 1.48. The number of rotatable bonds is 4. The summed E-state index contributed by atoms with van der Waals surface area (Å²) in [6.07, 6.45) is -0.966. The zero-order valence-corrected chi connectivity index (χ0v) is 15.1. The van der Waals surface area contributed by atoms with Crippen molar-refractivity contribution in [2.24, 2.45) is 0 Å². The summed E-state index contributed by atoms with van der Waals surface area (Å²) in [6.45, 7) is 0. The molecule has 8 heteroatoms. The summed E-state index contributed by atoms with van der Waals surface area (Å²) in [5.41, 5.74) is -0.294. The summed E-state index contributed by atoms with van der Waals surface area (Å²) in [5, 5.41) is 3.48. The van der Waals surface area contributed by atoms with Crippen molar-refractivity contribution in [1.82, 2.24) is 10.3 Å². The number of carbonyl (C=O) groups excluding carboxylic acids is 1. The van der Waals surface area contributed by atoms with Crippen LogP contribution in [0.4, 0.5) is 13.2 Å². The van der Waals surface area contributed by atoms with Gasteiger partial charge in [0.25, 0.3) is 5.91 Å². The quantitative estimate of drug-likeness (QED) is 0.799. The van der Waals surface area contributed by atoms with Gasteiger partial charge in [-0.3, -0.25) is 4.79 Å². The number of hydrogen-bond donors (Lipinski definition) is 1. The highest BCUT2D eigenvalue weighted by Crippen LogP contribution is 2.30. The Kier molecular flexibility index (Phi) is 5.89. The summed E-state index contributed by atoms with van der Waals surface area (Å²) in [6, 6.07) is 8.95. The molecular formula is C19H18ClF3N2O2. The Bertz CT molecular complexity index is 788. The molecule has 0 spiro atoms. The molecule has 0 bridgehead atoms. The van der Waals surface area contributed by atoms with Crippen LogP contribution in [0.2, 0.25) is 5.02 Å². The third kappa shape index (κ3) is 5.35. The van der Waals surface area contributed by atoms with Gasteiger partial charge in [-0.05, 0) is 49.9 Å². The van der Waals surface area contributed by atoms with Crippen molar-refractivity contribution in [3.05, 3.63) is 58.7 Å². The first kappa shape index (κ1) is 19.5. The highest BCUT2D eigenvalue weighted by atomic mass is 35.5. The molecule has 144 valence electrons. The number of nitrogens with zero attached hydrogens (tertiary/aromatic N) is 1. The number of carbonyl (C=O) groups is 1. The molecule has 1 aromatic heterocycles. The van der Waals surface area contributed by atoms with Gasteiger partial charge in [-0.1, -0.05) is 17.7 Å². The number of nitrogens with one attached hydrogen (secondary N) is 1. The molecular weight excluding hydrogens is 381 g/mol. The van der Waals surface area contributed by atoms with Gasteiger partial charge >= 0.3 is 6.18 Å². The largest absolute Gasteiger partial charge is 0.474 e. The fourth-order valence-corrected chi connectivity index (χ4v) is 3.20. The van der Waals surface area contributed by atoms with Gasteiger partial charge < -0.3 is 10.1 Å². The minimum absolute atomic E-state index is 0.0249. The average Bonchev–Trinajstić information content (AvgIpc) is 2.63. The van der Waals surface area contributed by atoms with Crippen LogP contribution < -0.4 is 10.1 Å². The smallest absolute Gasteiger partial charge is 0.417 e. The van der Waals surface area contributed by atoms with Crippen LogP contribution >= 0.6 is 11.6 Å². The lowest BCUT2D eigenvalue weighted by Gasteiger charge is -2.29. The average molecular weight is 399 g/mol. The number of amides is 1. The van der Waals surface area contributed by atoms with Gasteiger partial charge in [0.05, 0.1) is 5.56 Å². The molecule has 1 fully saturated rings. The van der Waals surface area contributed by atoms with Crippen molar-refractivity contribution in [2.75, 3.05) is 0 Å². The fourth-order valence-electron chi connectivity index (χ4n) is 3.01. The van der Waals surface area contributed by atoms with Crippen LogP contribution in [-0.4, -0.2) is 23.0 Å². The van der Waals surface area contributed by atoms with E-state index in [9.17, 15) is 18.0 Å². The van der Waals surface area contributed by atoms with Gasteiger partial charge in [0, 0.05) is 28.9 Å². The zero-order valence-electron chi connectivity index (χ0n) is 14.3. The highest BCUT2D eigenvalue weighted by Gasteiger charge is 2.31. The molecule has 1 aliphatic rings. The van der Waals surface area contributed by atoms with E-state index in [0.29, 0.717) is 23.4 Å². The number of hydrogen-bond acceptors (Lipinski definition) is 3. The Morgan fingerprint density at radius 1 is 1.15 bits per heavy atom. The minimum atomic E-state index is -4.41. The van der Waals surface area contributed by atoms with E-state index >= 15 is 0 Å². The van der Waals surface area contributed by atoms with Gasteiger partial charge in [0.1, 0.15) is 6.10 Å². The molecule has 2 aromatic rings. The minimum Gasteiger partial charge on any atom is -0.474 e. The molecule has 1 aromatic carbocycles. The second kappa shape index (κ2) is 8.17. The van der Waals surface area contributed by atoms with Crippen molar-refractivity contribution >= 4 is 17.5 Å². The van der Waals surface area contributed by atoms with Crippen molar-refractivity contribution in [1.29, 1.82) is 0 Å². The van der Waals surface area contributed by atoms with Crippen molar-refractivity contribution in [3.8, 4) is 5.88 Å². The Labute approximate surface area is 159 Å². The number of pyridine rings is 1. The number of halogens is 4. The molecule has 0 atom stereocenters. The maximum absolute atomic E-state index is 12.5. The molecule has 4 nitrogen and oxygen atoms in total. The molecule has 27 heavy (non-hydrogen) atoms. The van der Waals surface area contributed by atoms with Crippen LogP contribution in [0.15, 0.2) is 42.6 Å². The maximum Gasteiger partial charge on any atom is 0.417 e. The summed E-state index contributed by atoms with van der Waals surface area (Å²) in [5.74, 6) is 0.000637. The number of alkyl halides is 3. The first-order chi connectivity index (χ1) is 12.8. The summed E-state index contributed by atoms with van der Waals surface area (Å²) in [7, 11) is 0. The Hall–Kier alpha value is -2.28.